The number of aromatic nitrogens is 1. The summed E-state index contributed by atoms with van der Waals surface area (Å²) >= 11 is 0. The van der Waals surface area contributed by atoms with Crippen LogP contribution in [0.4, 0.5) is 8.78 Å². The Morgan fingerprint density at radius 3 is 2.28 bits per heavy atom. The highest BCUT2D eigenvalue weighted by Gasteiger charge is 2.39. The lowest BCUT2D eigenvalue weighted by Gasteiger charge is -2.12. The molecule has 0 saturated carbocycles. The molecule has 25 heavy (non-hydrogen) atoms. The van der Waals surface area contributed by atoms with Gasteiger partial charge in [0.2, 0.25) is 5.88 Å². The molecule has 2 heterocycles. The van der Waals surface area contributed by atoms with Gasteiger partial charge in [0.25, 0.3) is 18.2 Å². The maximum Gasteiger partial charge on any atom is 0.382 e. The van der Waals surface area contributed by atoms with E-state index in [9.17, 15) is 23.2 Å². The number of pyridine rings is 1. The fourth-order valence-electron chi connectivity index (χ4n) is 2.14. The lowest BCUT2D eigenvalue weighted by molar-refractivity contribution is -0.0589. The quantitative estimate of drug-likeness (QED) is 0.769. The number of benzene rings is 1. The number of hydrogen-bond acceptors (Lipinski definition) is 6. The molecule has 7 nitrogen and oxygen atoms in total. The number of imide groups is 1. The number of carbonyl (C=O) groups excluding carboxylic acids is 3. The van der Waals surface area contributed by atoms with Crippen molar-refractivity contribution in [2.24, 2.45) is 0 Å². The van der Waals surface area contributed by atoms with Crippen LogP contribution in [0.3, 0.4) is 0 Å². The minimum atomic E-state index is -2.70. The van der Waals surface area contributed by atoms with Gasteiger partial charge in [0.15, 0.2) is 12.3 Å². The Balaban J connectivity index is 1.74. The number of hydrogen-bond donors (Lipinski definition) is 0. The molecule has 0 spiro atoms. The van der Waals surface area contributed by atoms with Gasteiger partial charge in [-0.1, -0.05) is 23.3 Å². The number of halogens is 2. The smallest absolute Gasteiger partial charge is 0.382 e. The molecule has 9 heteroatoms. The summed E-state index contributed by atoms with van der Waals surface area (Å²) in [6.45, 7) is -0.885. The first-order chi connectivity index (χ1) is 12.0. The molecule has 2 aromatic rings. The molecule has 1 aromatic heterocycles. The predicted octanol–water partition coefficient (Wildman–Crippen LogP) is 2.09. The fourth-order valence-corrected chi connectivity index (χ4v) is 2.14. The monoisotopic (exact) mass is 348 g/mol. The first-order valence-electron chi connectivity index (χ1n) is 7.05. The van der Waals surface area contributed by atoms with Gasteiger partial charge in [-0.05, 0) is 18.2 Å². The Kier molecular flexibility index (Phi) is 4.38. The Labute approximate surface area is 139 Å². The van der Waals surface area contributed by atoms with Crippen molar-refractivity contribution < 1.29 is 32.7 Å². The van der Waals surface area contributed by atoms with Crippen molar-refractivity contribution in [3.05, 3.63) is 59.3 Å². The molecule has 1 aliphatic rings. The molecular weight excluding hydrogens is 338 g/mol. The second-order valence-corrected chi connectivity index (χ2v) is 4.89. The van der Waals surface area contributed by atoms with Gasteiger partial charge >= 0.3 is 5.97 Å². The minimum absolute atomic E-state index is 0.113. The Bertz CT molecular complexity index is 821. The maximum absolute atomic E-state index is 12.1. The molecular formula is C16H10F2N2O5. The van der Waals surface area contributed by atoms with Crippen LogP contribution in [0.5, 0.6) is 5.88 Å². The summed E-state index contributed by atoms with van der Waals surface area (Å²) in [6, 6.07) is 9.85. The topological polar surface area (TPSA) is 85.8 Å². The van der Waals surface area contributed by atoms with Crippen LogP contribution in [-0.2, 0) is 4.84 Å². The molecule has 0 aliphatic carbocycles. The molecule has 1 aliphatic heterocycles. The van der Waals surface area contributed by atoms with Gasteiger partial charge in [-0.3, -0.25) is 9.59 Å². The number of carbonyl (C=O) groups is 3. The van der Waals surface area contributed by atoms with Gasteiger partial charge in [0, 0.05) is 6.07 Å². The number of hydroxylamine groups is 2. The average Bonchev–Trinajstić information content (AvgIpc) is 2.85. The summed E-state index contributed by atoms with van der Waals surface area (Å²) in [5.74, 6) is -2.87. The van der Waals surface area contributed by atoms with Gasteiger partial charge in [-0.2, -0.15) is 0 Å². The lowest BCUT2D eigenvalue weighted by Crippen LogP contribution is -2.33. The molecule has 3 rings (SSSR count). The molecule has 0 saturated heterocycles. The van der Waals surface area contributed by atoms with E-state index in [1.165, 1.54) is 30.3 Å². The first kappa shape index (κ1) is 16.5. The summed E-state index contributed by atoms with van der Waals surface area (Å²) in [7, 11) is 0. The third-order valence-corrected chi connectivity index (χ3v) is 3.22. The number of amides is 2. The molecule has 0 unspecified atom stereocenters. The summed E-state index contributed by atoms with van der Waals surface area (Å²) in [4.78, 5) is 44.9. The van der Waals surface area contributed by atoms with Crippen molar-refractivity contribution in [2.75, 3.05) is 6.61 Å². The van der Waals surface area contributed by atoms with Crippen molar-refractivity contribution in [2.45, 2.75) is 6.43 Å². The normalized spacial score (nSPS) is 13.2. The van der Waals surface area contributed by atoms with Crippen LogP contribution in [0, 0.1) is 0 Å². The van der Waals surface area contributed by atoms with E-state index in [1.807, 2.05) is 0 Å². The van der Waals surface area contributed by atoms with E-state index in [-0.39, 0.29) is 22.7 Å². The average molecular weight is 348 g/mol. The molecule has 0 radical (unpaired) electrons. The Morgan fingerprint density at radius 2 is 1.68 bits per heavy atom. The van der Waals surface area contributed by atoms with Gasteiger partial charge < -0.3 is 9.57 Å². The largest absolute Gasteiger partial charge is 0.472 e. The number of fused-ring (bicyclic) bond motifs is 1. The van der Waals surface area contributed by atoms with Crippen LogP contribution >= 0.6 is 0 Å². The van der Waals surface area contributed by atoms with Crippen molar-refractivity contribution in [3.63, 3.8) is 0 Å². The zero-order chi connectivity index (χ0) is 18.0. The van der Waals surface area contributed by atoms with E-state index in [2.05, 4.69) is 4.98 Å². The van der Waals surface area contributed by atoms with Crippen molar-refractivity contribution in [3.8, 4) is 5.88 Å². The Morgan fingerprint density at radius 1 is 1.04 bits per heavy atom. The van der Waals surface area contributed by atoms with Crippen molar-refractivity contribution in [1.29, 1.82) is 0 Å². The number of ether oxygens (including phenoxy) is 1. The van der Waals surface area contributed by atoms with Gasteiger partial charge in [0.1, 0.15) is 0 Å². The molecule has 1 aromatic carbocycles. The van der Waals surface area contributed by atoms with Crippen molar-refractivity contribution >= 4 is 17.8 Å². The molecule has 2 amide bonds. The van der Waals surface area contributed by atoms with Crippen molar-refractivity contribution in [1.82, 2.24) is 10.0 Å². The zero-order valence-corrected chi connectivity index (χ0v) is 12.5. The van der Waals surface area contributed by atoms with Crippen LogP contribution in [0.25, 0.3) is 0 Å². The van der Waals surface area contributed by atoms with E-state index in [4.69, 9.17) is 9.57 Å². The van der Waals surface area contributed by atoms with E-state index in [0.29, 0.717) is 5.06 Å². The number of rotatable bonds is 5. The standard InChI is InChI=1S/C16H10F2N2O5/c17-12(18)8-24-13-7-3-6-11(19-13)16(23)25-20-14(21)9-4-1-2-5-10(9)15(20)22/h1-7,12H,8H2. The lowest BCUT2D eigenvalue weighted by atomic mass is 10.1. The maximum atomic E-state index is 12.1. The van der Waals surface area contributed by atoms with Gasteiger partial charge in [-0.25, -0.2) is 18.6 Å². The Hall–Kier alpha value is -3.36. The minimum Gasteiger partial charge on any atom is -0.472 e. The summed E-state index contributed by atoms with van der Waals surface area (Å²) in [5.41, 5.74) is -0.0760. The molecule has 0 atom stereocenters. The molecule has 0 N–H and O–H groups in total. The highest BCUT2D eigenvalue weighted by molar-refractivity contribution is 6.21. The van der Waals surface area contributed by atoms with Crippen LogP contribution in [0.1, 0.15) is 31.2 Å². The highest BCUT2D eigenvalue weighted by Crippen LogP contribution is 2.23. The number of alkyl halides is 2. The molecule has 128 valence electrons. The van der Waals surface area contributed by atoms with Crippen LogP contribution < -0.4 is 4.74 Å². The third kappa shape index (κ3) is 3.30. The van der Waals surface area contributed by atoms with Gasteiger partial charge in [0.05, 0.1) is 11.1 Å². The zero-order valence-electron chi connectivity index (χ0n) is 12.5. The van der Waals surface area contributed by atoms with Gasteiger partial charge in [-0.15, -0.1) is 0 Å². The SMILES string of the molecule is O=C(ON1C(=O)c2ccccc2C1=O)c1cccc(OCC(F)F)n1. The molecule has 0 fully saturated rings. The van der Waals surface area contributed by atoms with E-state index in [1.54, 1.807) is 12.1 Å². The first-order valence-corrected chi connectivity index (χ1v) is 7.05. The van der Waals surface area contributed by atoms with E-state index in [0.717, 1.165) is 0 Å². The summed E-state index contributed by atoms with van der Waals surface area (Å²) in [5, 5.41) is 0.335. The number of nitrogens with zero attached hydrogens (tertiary/aromatic N) is 2. The van der Waals surface area contributed by atoms with Crippen LogP contribution in [0.15, 0.2) is 42.5 Å². The second kappa shape index (κ2) is 6.63. The summed E-state index contributed by atoms with van der Waals surface area (Å²) < 4.78 is 29.0. The predicted molar refractivity (Wildman–Crippen MR) is 78.1 cm³/mol. The van der Waals surface area contributed by atoms with Crippen LogP contribution in [0.2, 0.25) is 0 Å². The fraction of sp³-hybridized carbons (Fsp3) is 0.125. The third-order valence-electron chi connectivity index (χ3n) is 3.22. The molecule has 0 bridgehead atoms. The summed E-state index contributed by atoms with van der Waals surface area (Å²) in [6.07, 6.45) is -2.70. The van der Waals surface area contributed by atoms with E-state index < -0.39 is 30.8 Å². The highest BCUT2D eigenvalue weighted by atomic mass is 19.3. The van der Waals surface area contributed by atoms with E-state index >= 15 is 0 Å². The second-order valence-electron chi connectivity index (χ2n) is 4.89. The van der Waals surface area contributed by atoms with Crippen LogP contribution in [-0.4, -0.2) is 40.9 Å².